The molecule has 1 saturated heterocycles. The van der Waals surface area contributed by atoms with E-state index < -0.39 is 0 Å². The molecule has 0 radical (unpaired) electrons. The van der Waals surface area contributed by atoms with Crippen molar-refractivity contribution >= 4 is 17.3 Å². The number of nitrogens with zero attached hydrogens (tertiary/aromatic N) is 3. The van der Waals surface area contributed by atoms with Crippen molar-refractivity contribution in [3.8, 4) is 0 Å². The Kier molecular flexibility index (Phi) is 3.40. The molecule has 0 bridgehead atoms. The summed E-state index contributed by atoms with van der Waals surface area (Å²) in [5, 5.41) is 4.25. The molecule has 0 aliphatic carbocycles. The molecular formula is C11H17ClN4O. The first-order chi connectivity index (χ1) is 8.00. The van der Waals surface area contributed by atoms with Gasteiger partial charge < -0.3 is 10.6 Å². The third-order valence-electron chi connectivity index (χ3n) is 3.37. The van der Waals surface area contributed by atoms with E-state index in [1.165, 1.54) is 4.68 Å². The number of anilines is 1. The second kappa shape index (κ2) is 4.66. The molecule has 0 aromatic carbocycles. The summed E-state index contributed by atoms with van der Waals surface area (Å²) in [6.45, 7) is 3.75. The Balaban J connectivity index is 2.30. The van der Waals surface area contributed by atoms with Gasteiger partial charge in [0.1, 0.15) is 5.02 Å². The number of nitrogens with two attached hydrogens (primary N) is 1. The van der Waals surface area contributed by atoms with E-state index in [1.807, 2.05) is 0 Å². The van der Waals surface area contributed by atoms with Gasteiger partial charge in [-0.2, -0.15) is 5.10 Å². The number of halogens is 1. The van der Waals surface area contributed by atoms with Gasteiger partial charge in [0.25, 0.3) is 5.56 Å². The molecule has 0 amide bonds. The van der Waals surface area contributed by atoms with Crippen LogP contribution in [-0.4, -0.2) is 28.9 Å². The lowest BCUT2D eigenvalue weighted by Gasteiger charge is -2.36. The van der Waals surface area contributed by atoms with Crippen molar-refractivity contribution in [3.05, 3.63) is 21.6 Å². The Morgan fingerprint density at radius 2 is 2.29 bits per heavy atom. The van der Waals surface area contributed by atoms with Crippen molar-refractivity contribution in [2.24, 2.45) is 18.7 Å². The zero-order chi connectivity index (χ0) is 12.6. The highest BCUT2D eigenvalue weighted by Crippen LogP contribution is 2.25. The average Bonchev–Trinajstić information content (AvgIpc) is 2.30. The molecule has 0 saturated carbocycles. The van der Waals surface area contributed by atoms with Crippen LogP contribution < -0.4 is 16.2 Å². The van der Waals surface area contributed by atoms with Gasteiger partial charge in [-0.25, -0.2) is 4.68 Å². The monoisotopic (exact) mass is 256 g/mol. The smallest absolute Gasteiger partial charge is 0.287 e. The Morgan fingerprint density at radius 3 is 2.94 bits per heavy atom. The molecule has 1 fully saturated rings. The molecule has 94 valence electrons. The van der Waals surface area contributed by atoms with Gasteiger partial charge in [-0.3, -0.25) is 4.79 Å². The van der Waals surface area contributed by atoms with Crippen LogP contribution in [0.5, 0.6) is 0 Å². The summed E-state index contributed by atoms with van der Waals surface area (Å²) in [6, 6.07) is 0.226. The van der Waals surface area contributed by atoms with Crippen molar-refractivity contribution in [3.63, 3.8) is 0 Å². The van der Waals surface area contributed by atoms with Gasteiger partial charge in [0, 0.05) is 26.2 Å². The molecule has 2 atom stereocenters. The summed E-state index contributed by atoms with van der Waals surface area (Å²) in [5.41, 5.74) is 6.43. The zero-order valence-corrected chi connectivity index (χ0v) is 10.8. The normalized spacial score (nSPS) is 25.1. The zero-order valence-electron chi connectivity index (χ0n) is 10.1. The van der Waals surface area contributed by atoms with E-state index in [-0.39, 0.29) is 16.6 Å². The molecule has 6 heteroatoms. The number of aromatic nitrogens is 2. The maximum absolute atomic E-state index is 11.7. The van der Waals surface area contributed by atoms with Gasteiger partial charge in [0.05, 0.1) is 11.9 Å². The van der Waals surface area contributed by atoms with E-state index in [2.05, 4.69) is 16.9 Å². The minimum Gasteiger partial charge on any atom is -0.368 e. The summed E-state index contributed by atoms with van der Waals surface area (Å²) in [4.78, 5) is 13.8. The quantitative estimate of drug-likeness (QED) is 0.800. The molecule has 2 unspecified atom stereocenters. The van der Waals surface area contributed by atoms with E-state index >= 15 is 0 Å². The van der Waals surface area contributed by atoms with Crippen molar-refractivity contribution in [1.82, 2.24) is 9.78 Å². The molecule has 5 nitrogen and oxygen atoms in total. The molecular weight excluding hydrogens is 240 g/mol. The first-order valence-electron chi connectivity index (χ1n) is 5.73. The molecule has 2 N–H and O–H groups in total. The number of hydrogen-bond acceptors (Lipinski definition) is 4. The van der Waals surface area contributed by atoms with Crippen LogP contribution in [0.15, 0.2) is 11.0 Å². The van der Waals surface area contributed by atoms with Crippen LogP contribution in [0.3, 0.4) is 0 Å². The highest BCUT2D eigenvalue weighted by molar-refractivity contribution is 6.33. The molecule has 1 aliphatic heterocycles. The van der Waals surface area contributed by atoms with Gasteiger partial charge in [-0.1, -0.05) is 18.5 Å². The van der Waals surface area contributed by atoms with Crippen molar-refractivity contribution < 1.29 is 0 Å². The van der Waals surface area contributed by atoms with Gasteiger partial charge >= 0.3 is 0 Å². The number of rotatable bonds is 1. The first kappa shape index (κ1) is 12.4. The van der Waals surface area contributed by atoms with Gasteiger partial charge in [0.2, 0.25) is 0 Å². The minimum atomic E-state index is -0.258. The highest BCUT2D eigenvalue weighted by atomic mass is 35.5. The highest BCUT2D eigenvalue weighted by Gasteiger charge is 2.25. The van der Waals surface area contributed by atoms with Crippen LogP contribution in [-0.2, 0) is 7.05 Å². The first-order valence-corrected chi connectivity index (χ1v) is 6.11. The van der Waals surface area contributed by atoms with Crippen LogP contribution >= 0.6 is 11.6 Å². The average molecular weight is 257 g/mol. The summed E-state index contributed by atoms with van der Waals surface area (Å²) in [5.74, 6) is 0.392. The van der Waals surface area contributed by atoms with Crippen molar-refractivity contribution in [2.75, 3.05) is 18.0 Å². The van der Waals surface area contributed by atoms with E-state index in [0.29, 0.717) is 11.6 Å². The van der Waals surface area contributed by atoms with E-state index in [4.69, 9.17) is 17.3 Å². The summed E-state index contributed by atoms with van der Waals surface area (Å²) in [7, 11) is 1.59. The topological polar surface area (TPSA) is 64.2 Å². The van der Waals surface area contributed by atoms with Gasteiger partial charge in [-0.15, -0.1) is 0 Å². The standard InChI is InChI=1S/C11H17ClN4O/c1-7-6-16(4-3-8(7)13)9-5-14-15(2)11(17)10(9)12/h5,7-8H,3-4,6,13H2,1-2H3. The SMILES string of the molecule is CC1CN(c2cnn(C)c(=O)c2Cl)CCC1N. The Morgan fingerprint density at radius 1 is 1.59 bits per heavy atom. The lowest BCUT2D eigenvalue weighted by Crippen LogP contribution is -2.46. The van der Waals surface area contributed by atoms with Crippen LogP contribution in [0.2, 0.25) is 5.02 Å². The Labute approximate surface area is 105 Å². The lowest BCUT2D eigenvalue weighted by atomic mass is 9.94. The fraction of sp³-hybridized carbons (Fsp3) is 0.636. The Hall–Kier alpha value is -1.07. The molecule has 17 heavy (non-hydrogen) atoms. The maximum Gasteiger partial charge on any atom is 0.287 e. The van der Waals surface area contributed by atoms with Crippen molar-refractivity contribution in [2.45, 2.75) is 19.4 Å². The third-order valence-corrected chi connectivity index (χ3v) is 3.73. The lowest BCUT2D eigenvalue weighted by molar-refractivity contribution is 0.382. The number of aryl methyl sites for hydroxylation is 1. The summed E-state index contributed by atoms with van der Waals surface area (Å²) >= 11 is 6.07. The number of piperidine rings is 1. The molecule has 1 aromatic rings. The largest absolute Gasteiger partial charge is 0.368 e. The second-order valence-corrected chi connectivity index (χ2v) is 5.03. The van der Waals surface area contributed by atoms with Crippen LogP contribution in [0.25, 0.3) is 0 Å². The predicted molar refractivity (Wildman–Crippen MR) is 68.5 cm³/mol. The third kappa shape index (κ3) is 2.30. The molecule has 2 rings (SSSR count). The van der Waals surface area contributed by atoms with E-state index in [1.54, 1.807) is 13.2 Å². The van der Waals surface area contributed by atoms with Crippen LogP contribution in [0.1, 0.15) is 13.3 Å². The molecule has 1 aromatic heterocycles. The minimum absolute atomic E-state index is 0.226. The molecule has 2 heterocycles. The second-order valence-electron chi connectivity index (χ2n) is 4.65. The fourth-order valence-electron chi connectivity index (χ4n) is 2.11. The van der Waals surface area contributed by atoms with Crippen LogP contribution in [0, 0.1) is 5.92 Å². The predicted octanol–water partition coefficient (Wildman–Crippen LogP) is 0.607. The molecule has 0 spiro atoms. The number of hydrogen-bond donors (Lipinski definition) is 1. The summed E-state index contributed by atoms with van der Waals surface area (Å²) < 4.78 is 1.24. The van der Waals surface area contributed by atoms with E-state index in [9.17, 15) is 4.79 Å². The Bertz CT molecular complexity index is 473. The summed E-state index contributed by atoms with van der Waals surface area (Å²) in [6.07, 6.45) is 2.56. The maximum atomic E-state index is 11.7. The van der Waals surface area contributed by atoms with Crippen LogP contribution in [0.4, 0.5) is 5.69 Å². The van der Waals surface area contributed by atoms with E-state index in [0.717, 1.165) is 19.5 Å². The fourth-order valence-corrected chi connectivity index (χ4v) is 2.40. The van der Waals surface area contributed by atoms with Gasteiger partial charge in [0.15, 0.2) is 0 Å². The van der Waals surface area contributed by atoms with Gasteiger partial charge in [-0.05, 0) is 12.3 Å². The van der Waals surface area contributed by atoms with Crippen molar-refractivity contribution in [1.29, 1.82) is 0 Å². The molecule has 1 aliphatic rings.